The van der Waals surface area contributed by atoms with Gasteiger partial charge in [0, 0.05) is 22.0 Å². The van der Waals surface area contributed by atoms with E-state index in [4.69, 9.17) is 5.21 Å². The molecular weight excluding hydrogens is 334 g/mol. The molecule has 4 rings (SSSR count). The summed E-state index contributed by atoms with van der Waals surface area (Å²) in [5, 5.41) is 28.0. The minimum absolute atomic E-state index is 0.154. The van der Waals surface area contributed by atoms with Crippen LogP contribution in [0, 0.1) is 5.21 Å². The van der Waals surface area contributed by atoms with E-state index in [-0.39, 0.29) is 10.9 Å². The summed E-state index contributed by atoms with van der Waals surface area (Å²) in [4.78, 5) is 4.61. The van der Waals surface area contributed by atoms with Crippen molar-refractivity contribution in [3.05, 3.63) is 77.3 Å². The molecule has 0 aliphatic heterocycles. The lowest BCUT2D eigenvalue weighted by molar-refractivity contribution is 0.296. The zero-order valence-electron chi connectivity index (χ0n) is 13.1. The Labute approximate surface area is 148 Å². The van der Waals surface area contributed by atoms with Gasteiger partial charge in [-0.3, -0.25) is 5.21 Å². The molecule has 25 heavy (non-hydrogen) atoms. The zero-order valence-corrected chi connectivity index (χ0v) is 13.9. The summed E-state index contributed by atoms with van der Waals surface area (Å²) in [5.74, 6) is 0. The first-order valence-electron chi connectivity index (χ1n) is 7.67. The molecule has 0 aliphatic carbocycles. The zero-order chi connectivity index (χ0) is 17.2. The molecule has 0 aliphatic rings. The van der Waals surface area contributed by atoms with Crippen LogP contribution < -0.4 is 10.5 Å². The molecular formula is C19H14N3O2S-. The maximum Gasteiger partial charge on any atom is 0.187 e. The molecule has 0 spiro atoms. The Morgan fingerprint density at radius 3 is 2.52 bits per heavy atom. The molecule has 0 radical (unpaired) electrons. The van der Waals surface area contributed by atoms with Gasteiger partial charge in [0.25, 0.3) is 0 Å². The fraction of sp³-hybridized carbons (Fsp3) is 0. The number of rotatable bonds is 4. The Morgan fingerprint density at radius 2 is 1.72 bits per heavy atom. The Balaban J connectivity index is 1.61. The molecule has 0 unspecified atom stereocenters. The highest BCUT2D eigenvalue weighted by Gasteiger charge is 2.07. The molecule has 3 aromatic carbocycles. The molecule has 0 saturated heterocycles. The average molecular weight is 348 g/mol. The van der Waals surface area contributed by atoms with E-state index in [2.05, 4.69) is 28.5 Å². The third kappa shape index (κ3) is 3.18. The number of fused-ring (bicyclic) bond motifs is 1. The van der Waals surface area contributed by atoms with Gasteiger partial charge >= 0.3 is 0 Å². The van der Waals surface area contributed by atoms with Crippen molar-refractivity contribution < 1.29 is 5.21 Å². The van der Waals surface area contributed by atoms with Crippen LogP contribution >= 0.6 is 11.3 Å². The molecule has 4 aromatic rings. The van der Waals surface area contributed by atoms with E-state index in [0.717, 1.165) is 27.5 Å². The van der Waals surface area contributed by atoms with Gasteiger partial charge in [-0.1, -0.05) is 48.5 Å². The van der Waals surface area contributed by atoms with Crippen molar-refractivity contribution in [3.8, 4) is 11.3 Å². The van der Waals surface area contributed by atoms with Crippen LogP contribution in [0.2, 0.25) is 0 Å². The van der Waals surface area contributed by atoms with Crippen molar-refractivity contribution in [2.45, 2.75) is 0 Å². The fourth-order valence-corrected chi connectivity index (χ4v) is 3.41. The number of aromatic nitrogens is 1. The minimum Gasteiger partial charge on any atom is -0.733 e. The van der Waals surface area contributed by atoms with Crippen molar-refractivity contribution >= 4 is 38.6 Å². The van der Waals surface area contributed by atoms with Crippen molar-refractivity contribution in [2.75, 3.05) is 10.5 Å². The molecule has 0 atom stereocenters. The van der Waals surface area contributed by atoms with E-state index in [1.165, 1.54) is 16.7 Å². The summed E-state index contributed by atoms with van der Waals surface area (Å²) < 4.78 is 0. The molecule has 2 N–H and O–H groups in total. The van der Waals surface area contributed by atoms with Gasteiger partial charge in [0.1, 0.15) is 0 Å². The van der Waals surface area contributed by atoms with Crippen LogP contribution in [-0.2, 0) is 0 Å². The monoisotopic (exact) mass is 348 g/mol. The predicted octanol–water partition coefficient (Wildman–Crippen LogP) is 5.40. The number of hydrogen-bond acceptors (Lipinski definition) is 6. The molecule has 0 bridgehead atoms. The highest BCUT2D eigenvalue weighted by Crippen LogP contribution is 2.31. The second kappa shape index (κ2) is 6.52. The van der Waals surface area contributed by atoms with E-state index in [1.54, 1.807) is 24.3 Å². The van der Waals surface area contributed by atoms with Crippen LogP contribution in [0.4, 0.5) is 16.5 Å². The van der Waals surface area contributed by atoms with E-state index in [0.29, 0.717) is 0 Å². The average Bonchev–Trinajstić information content (AvgIpc) is 3.11. The predicted molar refractivity (Wildman–Crippen MR) is 102 cm³/mol. The molecule has 0 saturated carbocycles. The summed E-state index contributed by atoms with van der Waals surface area (Å²) in [7, 11) is 0. The lowest BCUT2D eigenvalue weighted by atomic mass is 10.1. The normalized spacial score (nSPS) is 10.8. The summed E-state index contributed by atoms with van der Waals surface area (Å²) >= 11 is 1.51. The van der Waals surface area contributed by atoms with Gasteiger partial charge in [-0.15, -0.1) is 11.3 Å². The van der Waals surface area contributed by atoms with Crippen LogP contribution in [0.3, 0.4) is 0 Å². The highest BCUT2D eigenvalue weighted by atomic mass is 32.1. The lowest BCUT2D eigenvalue weighted by Crippen LogP contribution is -2.06. The second-order valence-electron chi connectivity index (χ2n) is 5.51. The SMILES string of the molecule is [O-]N(O)c1ccc(-c2csc(Nc3cccc4ccccc34)n2)cc1. The van der Waals surface area contributed by atoms with Gasteiger partial charge in [-0.25, -0.2) is 4.98 Å². The number of hydrogen-bond donors (Lipinski definition) is 2. The summed E-state index contributed by atoms with van der Waals surface area (Å²) in [6, 6.07) is 20.9. The standard InChI is InChI=1S/C19H14N3O2S/c23-22(24)15-10-8-14(9-11-15)18-12-25-19(21-18)20-17-7-3-5-13-4-1-2-6-16(13)17/h1-12,23H,(H,20,21)/q-1. The summed E-state index contributed by atoms with van der Waals surface area (Å²) in [6.07, 6.45) is 0. The molecule has 1 heterocycles. The number of thiazole rings is 1. The molecule has 0 amide bonds. The maximum absolute atomic E-state index is 10.9. The number of nitrogens with one attached hydrogen (secondary N) is 1. The van der Waals surface area contributed by atoms with Crippen molar-refractivity contribution in [1.82, 2.24) is 4.98 Å². The van der Waals surface area contributed by atoms with Crippen LogP contribution in [0.15, 0.2) is 72.1 Å². The van der Waals surface area contributed by atoms with Gasteiger partial charge in [0.2, 0.25) is 0 Å². The summed E-state index contributed by atoms with van der Waals surface area (Å²) in [5.41, 5.74) is 2.90. The third-order valence-corrected chi connectivity index (χ3v) is 4.68. The van der Waals surface area contributed by atoms with E-state index in [9.17, 15) is 5.21 Å². The van der Waals surface area contributed by atoms with Gasteiger partial charge in [0.05, 0.1) is 11.4 Å². The smallest absolute Gasteiger partial charge is 0.187 e. The minimum atomic E-state index is -0.154. The van der Waals surface area contributed by atoms with E-state index >= 15 is 0 Å². The molecule has 1 aromatic heterocycles. The van der Waals surface area contributed by atoms with Crippen molar-refractivity contribution in [3.63, 3.8) is 0 Å². The molecule has 0 fully saturated rings. The number of nitrogens with zero attached hydrogens (tertiary/aromatic N) is 2. The molecule has 6 heteroatoms. The first-order valence-corrected chi connectivity index (χ1v) is 8.55. The quantitative estimate of drug-likeness (QED) is 0.483. The Kier molecular flexibility index (Phi) is 4.07. The van der Waals surface area contributed by atoms with Crippen molar-refractivity contribution in [1.29, 1.82) is 0 Å². The first kappa shape index (κ1) is 15.6. The van der Waals surface area contributed by atoms with Crippen LogP contribution in [0.1, 0.15) is 0 Å². The number of anilines is 3. The lowest BCUT2D eigenvalue weighted by Gasteiger charge is -2.21. The van der Waals surface area contributed by atoms with Crippen LogP contribution in [-0.4, -0.2) is 10.2 Å². The first-order chi connectivity index (χ1) is 12.2. The van der Waals surface area contributed by atoms with Crippen LogP contribution in [0.25, 0.3) is 22.0 Å². The third-order valence-electron chi connectivity index (χ3n) is 3.92. The Hall–Kier alpha value is -2.93. The van der Waals surface area contributed by atoms with Gasteiger partial charge < -0.3 is 15.8 Å². The molecule has 5 nitrogen and oxygen atoms in total. The van der Waals surface area contributed by atoms with E-state index in [1.807, 2.05) is 29.6 Å². The number of benzene rings is 3. The Bertz CT molecular complexity index is 1010. The largest absolute Gasteiger partial charge is 0.733 e. The van der Waals surface area contributed by atoms with Crippen LogP contribution in [0.5, 0.6) is 0 Å². The summed E-state index contributed by atoms with van der Waals surface area (Å²) in [6.45, 7) is 0. The van der Waals surface area contributed by atoms with E-state index < -0.39 is 0 Å². The Morgan fingerprint density at radius 1 is 0.960 bits per heavy atom. The molecule has 124 valence electrons. The highest BCUT2D eigenvalue weighted by molar-refractivity contribution is 7.14. The van der Waals surface area contributed by atoms with Gasteiger partial charge in [-0.2, -0.15) is 0 Å². The van der Waals surface area contributed by atoms with Gasteiger partial charge in [-0.05, 0) is 23.6 Å². The fourth-order valence-electron chi connectivity index (χ4n) is 2.67. The van der Waals surface area contributed by atoms with Crippen molar-refractivity contribution in [2.24, 2.45) is 0 Å². The second-order valence-corrected chi connectivity index (χ2v) is 6.37. The maximum atomic E-state index is 10.9. The van der Waals surface area contributed by atoms with Gasteiger partial charge in [0.15, 0.2) is 5.13 Å². The topological polar surface area (TPSA) is 71.5 Å².